The van der Waals surface area contributed by atoms with E-state index in [2.05, 4.69) is 15.9 Å². The van der Waals surface area contributed by atoms with Crippen molar-refractivity contribution in [1.29, 1.82) is 5.26 Å². The summed E-state index contributed by atoms with van der Waals surface area (Å²) in [5, 5.41) is 10.3. The number of halogens is 6. The average molecular weight is 411 g/mol. The average Bonchev–Trinajstić information content (AvgIpc) is 2.52. The third-order valence-electron chi connectivity index (χ3n) is 3.22. The van der Waals surface area contributed by atoms with Gasteiger partial charge in [0.1, 0.15) is 18.0 Å². The Morgan fingerprint density at radius 1 is 1.42 bits per heavy atom. The minimum absolute atomic E-state index is 0.0875. The Labute approximate surface area is 143 Å². The normalized spacial score (nSPS) is 14.7. The van der Waals surface area contributed by atoms with E-state index in [1.54, 1.807) is 6.07 Å². The first-order chi connectivity index (χ1) is 11.1. The van der Waals surface area contributed by atoms with Crippen molar-refractivity contribution in [3.05, 3.63) is 45.7 Å². The minimum Gasteiger partial charge on any atom is -0.336 e. The van der Waals surface area contributed by atoms with Gasteiger partial charge in [-0.3, -0.25) is 4.79 Å². The summed E-state index contributed by atoms with van der Waals surface area (Å²) in [5.41, 5.74) is -2.66. The Morgan fingerprint density at radius 3 is 2.54 bits per heavy atom. The lowest BCUT2D eigenvalue weighted by molar-refractivity contribution is -0.176. The summed E-state index contributed by atoms with van der Waals surface area (Å²) in [6, 6.07) is 5.02. The summed E-state index contributed by atoms with van der Waals surface area (Å²) >= 11 is 3.03. The number of allylic oxidation sites excluding steroid dienone is 1. The van der Waals surface area contributed by atoms with Gasteiger partial charge in [0.05, 0.1) is 6.07 Å². The molecule has 24 heavy (non-hydrogen) atoms. The Hall–Kier alpha value is -1.95. The highest BCUT2D eigenvalue weighted by molar-refractivity contribution is 9.10. The molecule has 0 saturated heterocycles. The van der Waals surface area contributed by atoms with Gasteiger partial charge in [-0.1, -0.05) is 22.0 Å². The third kappa shape index (κ3) is 4.77. The first kappa shape index (κ1) is 20.1. The van der Waals surface area contributed by atoms with Gasteiger partial charge in [-0.15, -0.1) is 0 Å². The third-order valence-corrected chi connectivity index (χ3v) is 3.71. The molecule has 3 nitrogen and oxygen atoms in total. The van der Waals surface area contributed by atoms with Crippen LogP contribution in [0.1, 0.15) is 18.9 Å². The molecule has 0 aliphatic heterocycles. The van der Waals surface area contributed by atoms with Crippen LogP contribution in [0.25, 0.3) is 0 Å². The molecule has 1 atom stereocenters. The Balaban J connectivity index is 3.46. The molecule has 0 aliphatic carbocycles. The molecular weight excluding hydrogens is 399 g/mol. The van der Waals surface area contributed by atoms with Gasteiger partial charge in [-0.25, -0.2) is 8.78 Å². The monoisotopic (exact) mass is 410 g/mol. The van der Waals surface area contributed by atoms with Crippen LogP contribution in [0.2, 0.25) is 0 Å². The van der Waals surface area contributed by atoms with Gasteiger partial charge in [0.2, 0.25) is 0 Å². The first-order valence-electron chi connectivity index (χ1n) is 6.53. The summed E-state index contributed by atoms with van der Waals surface area (Å²) in [4.78, 5) is 11.3. The van der Waals surface area contributed by atoms with Gasteiger partial charge in [0.25, 0.3) is 0 Å². The van der Waals surface area contributed by atoms with Crippen molar-refractivity contribution in [1.82, 2.24) is 5.32 Å². The lowest BCUT2D eigenvalue weighted by Crippen LogP contribution is -2.52. The molecule has 9 heteroatoms. The van der Waals surface area contributed by atoms with Crippen molar-refractivity contribution in [2.45, 2.75) is 25.1 Å². The number of nitriles is 1. The van der Waals surface area contributed by atoms with E-state index in [1.807, 2.05) is 0 Å². The zero-order valence-electron chi connectivity index (χ0n) is 12.3. The summed E-state index contributed by atoms with van der Waals surface area (Å²) in [6.07, 6.45) is -4.66. The maximum atomic E-state index is 14.1. The van der Waals surface area contributed by atoms with E-state index in [-0.39, 0.29) is 5.57 Å². The molecule has 1 aromatic carbocycles. The van der Waals surface area contributed by atoms with Crippen LogP contribution in [0.4, 0.5) is 22.0 Å². The number of amides is 1. The highest BCUT2D eigenvalue weighted by atomic mass is 79.9. The summed E-state index contributed by atoms with van der Waals surface area (Å²) < 4.78 is 65.8. The van der Waals surface area contributed by atoms with E-state index in [4.69, 9.17) is 5.26 Å². The van der Waals surface area contributed by atoms with Crippen LogP contribution in [0.15, 0.2) is 34.3 Å². The second-order valence-electron chi connectivity index (χ2n) is 4.99. The summed E-state index contributed by atoms with van der Waals surface area (Å²) in [7, 11) is 0. The fourth-order valence-electron chi connectivity index (χ4n) is 1.91. The molecule has 1 aromatic rings. The van der Waals surface area contributed by atoms with Gasteiger partial charge < -0.3 is 5.32 Å². The van der Waals surface area contributed by atoms with E-state index in [1.165, 1.54) is 18.3 Å². The highest BCUT2D eigenvalue weighted by Gasteiger charge is 2.45. The molecule has 0 bridgehead atoms. The fraction of sp³-hybridized carbons (Fsp3) is 0.333. The van der Waals surface area contributed by atoms with Gasteiger partial charge in [-0.2, -0.15) is 18.4 Å². The van der Waals surface area contributed by atoms with Gasteiger partial charge in [-0.05, 0) is 31.5 Å². The fourth-order valence-corrected chi connectivity index (χ4v) is 2.27. The lowest BCUT2D eigenvalue weighted by atomic mass is 9.86. The van der Waals surface area contributed by atoms with E-state index >= 15 is 0 Å². The predicted molar refractivity (Wildman–Crippen MR) is 79.9 cm³/mol. The summed E-state index contributed by atoms with van der Waals surface area (Å²) in [5.74, 6) is -3.39. The number of carbonyl (C=O) groups excluding carboxylic acids is 1. The van der Waals surface area contributed by atoms with Crippen LogP contribution in [0, 0.1) is 17.1 Å². The Bertz CT molecular complexity index is 696. The van der Waals surface area contributed by atoms with E-state index < -0.39 is 42.1 Å². The Morgan fingerprint density at radius 2 is 2.04 bits per heavy atom. The number of nitrogens with one attached hydrogen (secondary N) is 1. The maximum Gasteiger partial charge on any atom is 0.471 e. The first-order valence-corrected chi connectivity index (χ1v) is 7.32. The Kier molecular flexibility index (Phi) is 6.49. The van der Waals surface area contributed by atoms with Crippen LogP contribution < -0.4 is 5.32 Å². The maximum absolute atomic E-state index is 14.1. The zero-order chi connectivity index (χ0) is 18.5. The molecule has 0 spiro atoms. The topological polar surface area (TPSA) is 52.9 Å². The van der Waals surface area contributed by atoms with Crippen molar-refractivity contribution >= 4 is 21.8 Å². The SMILES string of the molecule is C/C(C#N)=C\C[C@](CF)(NC(=O)C(F)(F)F)c1cc(Br)ccc1F. The second-order valence-corrected chi connectivity index (χ2v) is 5.91. The molecule has 0 aliphatic rings. The quantitative estimate of drug-likeness (QED) is 0.581. The smallest absolute Gasteiger partial charge is 0.336 e. The van der Waals surface area contributed by atoms with Crippen LogP contribution in [-0.4, -0.2) is 18.8 Å². The molecule has 0 saturated carbocycles. The van der Waals surface area contributed by atoms with Crippen molar-refractivity contribution in [2.24, 2.45) is 0 Å². The van der Waals surface area contributed by atoms with Crippen LogP contribution >= 0.6 is 15.9 Å². The number of carbonyl (C=O) groups is 1. The lowest BCUT2D eigenvalue weighted by Gasteiger charge is -2.32. The van der Waals surface area contributed by atoms with E-state index in [9.17, 15) is 26.7 Å². The van der Waals surface area contributed by atoms with Crippen LogP contribution in [0.5, 0.6) is 0 Å². The molecule has 1 N–H and O–H groups in total. The number of hydrogen-bond donors (Lipinski definition) is 1. The van der Waals surface area contributed by atoms with E-state index in [0.717, 1.165) is 18.2 Å². The van der Waals surface area contributed by atoms with Gasteiger partial charge >= 0.3 is 12.1 Å². The zero-order valence-corrected chi connectivity index (χ0v) is 13.9. The van der Waals surface area contributed by atoms with Gasteiger partial charge in [0, 0.05) is 15.6 Å². The molecule has 1 amide bonds. The van der Waals surface area contributed by atoms with Crippen LogP contribution in [0.3, 0.4) is 0 Å². The number of rotatable bonds is 5. The number of hydrogen-bond acceptors (Lipinski definition) is 2. The van der Waals surface area contributed by atoms with Crippen molar-refractivity contribution < 1.29 is 26.7 Å². The second kappa shape index (κ2) is 7.75. The summed E-state index contributed by atoms with van der Waals surface area (Å²) in [6.45, 7) is -0.150. The number of benzene rings is 1. The van der Waals surface area contributed by atoms with Crippen LogP contribution in [-0.2, 0) is 10.3 Å². The molecule has 0 radical (unpaired) electrons. The molecule has 130 valence electrons. The largest absolute Gasteiger partial charge is 0.471 e. The van der Waals surface area contributed by atoms with Gasteiger partial charge in [0.15, 0.2) is 0 Å². The number of alkyl halides is 4. The molecule has 0 unspecified atom stereocenters. The number of nitrogens with zero attached hydrogens (tertiary/aromatic N) is 1. The van der Waals surface area contributed by atoms with Crippen molar-refractivity contribution in [3.8, 4) is 6.07 Å². The molecular formula is C15H12BrF5N2O. The van der Waals surface area contributed by atoms with Crippen molar-refractivity contribution in [3.63, 3.8) is 0 Å². The van der Waals surface area contributed by atoms with E-state index in [0.29, 0.717) is 4.47 Å². The molecule has 0 fully saturated rings. The highest BCUT2D eigenvalue weighted by Crippen LogP contribution is 2.33. The molecule has 1 rings (SSSR count). The minimum atomic E-state index is -5.27. The van der Waals surface area contributed by atoms with Crippen molar-refractivity contribution in [2.75, 3.05) is 6.67 Å². The standard InChI is InChI=1S/C15H12BrF5N2O/c1-9(7-22)4-5-14(8-17,23-13(24)15(19,20)21)11-6-10(16)2-3-12(11)18/h2-4,6H,5,8H2,1H3,(H,23,24)/b9-4+/t14-/m1/s1. The predicted octanol–water partition coefficient (Wildman–Crippen LogP) is 4.29. The molecule has 0 aromatic heterocycles. The molecule has 0 heterocycles.